The van der Waals surface area contributed by atoms with Crippen molar-refractivity contribution in [1.29, 1.82) is 5.26 Å². The second-order valence-corrected chi connectivity index (χ2v) is 9.48. The van der Waals surface area contributed by atoms with Crippen LogP contribution in [0, 0.1) is 11.3 Å². The first-order valence-corrected chi connectivity index (χ1v) is 11.0. The zero-order chi connectivity index (χ0) is 22.9. The number of nitrogens with zero attached hydrogens (tertiary/aromatic N) is 5. The minimum absolute atomic E-state index is 0.198. The van der Waals surface area contributed by atoms with Crippen LogP contribution in [-0.4, -0.2) is 63.7 Å². The van der Waals surface area contributed by atoms with Crippen LogP contribution in [0.1, 0.15) is 57.7 Å². The van der Waals surface area contributed by atoms with Gasteiger partial charge < -0.3 is 14.2 Å². The molecule has 0 radical (unpaired) electrons. The zero-order valence-corrected chi connectivity index (χ0v) is 19.1. The number of fused-ring (bicyclic) bond motifs is 4. The molecule has 0 N–H and O–H groups in total. The Balaban J connectivity index is 1.68. The van der Waals surface area contributed by atoms with E-state index >= 15 is 0 Å². The Morgan fingerprint density at radius 1 is 1.31 bits per heavy atom. The van der Waals surface area contributed by atoms with Crippen molar-refractivity contribution < 1.29 is 19.0 Å². The summed E-state index contributed by atoms with van der Waals surface area (Å²) in [5, 5.41) is 17.8. The third-order valence-electron chi connectivity index (χ3n) is 6.22. The quantitative estimate of drug-likeness (QED) is 0.697. The second kappa shape index (κ2) is 8.51. The van der Waals surface area contributed by atoms with Crippen LogP contribution in [-0.2, 0) is 15.9 Å². The average molecular weight is 440 g/mol. The number of hydrogen-bond acceptors (Lipinski definition) is 8. The second-order valence-electron chi connectivity index (χ2n) is 9.48. The summed E-state index contributed by atoms with van der Waals surface area (Å²) in [7, 11) is 1.54. The number of hydrogen-bond donors (Lipinski definition) is 0. The molecule has 2 aliphatic heterocycles. The van der Waals surface area contributed by atoms with E-state index in [0.29, 0.717) is 42.0 Å². The van der Waals surface area contributed by atoms with Gasteiger partial charge >= 0.3 is 6.09 Å². The molecule has 9 heteroatoms. The fraction of sp³-hybridized carbons (Fsp3) is 0.609. The lowest BCUT2D eigenvalue weighted by molar-refractivity contribution is -0.132. The fourth-order valence-corrected chi connectivity index (χ4v) is 4.58. The Hall–Kier alpha value is -2.99. The molecule has 0 atom stereocenters. The number of carbonyl (C=O) groups excluding carboxylic acids is 1. The van der Waals surface area contributed by atoms with Crippen LogP contribution in [0.3, 0.4) is 0 Å². The van der Waals surface area contributed by atoms with Crippen molar-refractivity contribution in [3.63, 3.8) is 0 Å². The zero-order valence-electron chi connectivity index (χ0n) is 19.1. The number of rotatable bonds is 5. The van der Waals surface area contributed by atoms with E-state index in [1.54, 1.807) is 17.0 Å². The van der Waals surface area contributed by atoms with Crippen LogP contribution in [0.25, 0.3) is 11.0 Å². The normalized spacial score (nSPS) is 22.4. The molecule has 9 nitrogen and oxygen atoms in total. The Labute approximate surface area is 187 Å². The molecule has 3 fully saturated rings. The largest absolute Gasteiger partial charge is 0.481 e. The Morgan fingerprint density at radius 3 is 2.66 bits per heavy atom. The Morgan fingerprint density at radius 2 is 2.06 bits per heavy atom. The maximum absolute atomic E-state index is 13.3. The number of ether oxygens (including phenoxy) is 3. The SMILES string of the molecule is COc1ccc2nnc(C#N)c(CCN(C(=O)OC(C)(C)C)C34CCC(CC3)OC4)c2n1. The van der Waals surface area contributed by atoms with Gasteiger partial charge in [-0.25, -0.2) is 9.78 Å². The monoisotopic (exact) mass is 439 g/mol. The lowest BCUT2D eigenvalue weighted by Crippen LogP contribution is -2.61. The first-order chi connectivity index (χ1) is 15.2. The van der Waals surface area contributed by atoms with E-state index in [0.717, 1.165) is 25.7 Å². The van der Waals surface area contributed by atoms with Crippen molar-refractivity contribution in [2.24, 2.45) is 0 Å². The molecule has 0 unspecified atom stereocenters. The van der Waals surface area contributed by atoms with E-state index in [9.17, 15) is 10.1 Å². The van der Waals surface area contributed by atoms with Crippen LogP contribution < -0.4 is 4.74 Å². The molecule has 1 amide bonds. The number of pyridine rings is 1. The van der Waals surface area contributed by atoms with Crippen molar-refractivity contribution in [2.45, 2.75) is 70.1 Å². The highest BCUT2D eigenvalue weighted by molar-refractivity contribution is 5.79. The summed E-state index contributed by atoms with van der Waals surface area (Å²) in [5.41, 5.74) is 0.960. The third-order valence-corrected chi connectivity index (χ3v) is 6.22. The molecule has 2 aromatic rings. The summed E-state index contributed by atoms with van der Waals surface area (Å²) < 4.78 is 17.0. The molecule has 2 bridgehead atoms. The van der Waals surface area contributed by atoms with E-state index in [1.807, 2.05) is 20.8 Å². The first kappa shape index (κ1) is 22.2. The van der Waals surface area contributed by atoms with Gasteiger partial charge in [0.1, 0.15) is 22.7 Å². The van der Waals surface area contributed by atoms with Crippen molar-refractivity contribution >= 4 is 17.1 Å². The van der Waals surface area contributed by atoms with Gasteiger partial charge in [-0.3, -0.25) is 4.90 Å². The maximum Gasteiger partial charge on any atom is 0.410 e. The van der Waals surface area contributed by atoms with E-state index in [4.69, 9.17) is 14.2 Å². The number of amides is 1. The average Bonchev–Trinajstić information content (AvgIpc) is 2.78. The highest BCUT2D eigenvalue weighted by Gasteiger charge is 2.48. The molecule has 0 spiro atoms. The fourth-order valence-electron chi connectivity index (χ4n) is 4.58. The van der Waals surface area contributed by atoms with E-state index in [2.05, 4.69) is 21.3 Å². The summed E-state index contributed by atoms with van der Waals surface area (Å²) in [6.07, 6.45) is 3.93. The van der Waals surface area contributed by atoms with Gasteiger partial charge in [-0.2, -0.15) is 5.26 Å². The summed E-state index contributed by atoms with van der Waals surface area (Å²) in [5.74, 6) is 0.428. The molecule has 0 aromatic carbocycles. The predicted octanol–water partition coefficient (Wildman–Crippen LogP) is 3.40. The van der Waals surface area contributed by atoms with Crippen LogP contribution in [0.5, 0.6) is 5.88 Å². The van der Waals surface area contributed by atoms with Crippen LogP contribution in [0.15, 0.2) is 12.1 Å². The van der Waals surface area contributed by atoms with E-state index < -0.39 is 11.1 Å². The van der Waals surface area contributed by atoms with Crippen LogP contribution >= 0.6 is 0 Å². The number of nitriles is 1. The standard InChI is InChI=1S/C23H29N5O4/c1-22(2,3)32-21(29)28(23-10-7-15(8-11-23)31-14-23)12-9-16-18(13-24)27-26-17-5-6-19(30-4)25-20(16)17/h5-6,15H,7-12,14H2,1-4H3. The van der Waals surface area contributed by atoms with Crippen molar-refractivity contribution in [3.8, 4) is 11.9 Å². The van der Waals surface area contributed by atoms with Gasteiger partial charge in [0.25, 0.3) is 0 Å². The van der Waals surface area contributed by atoms with Gasteiger partial charge in [-0.15, -0.1) is 10.2 Å². The Bertz CT molecular complexity index is 1040. The predicted molar refractivity (Wildman–Crippen MR) is 116 cm³/mol. The van der Waals surface area contributed by atoms with Gasteiger partial charge in [-0.05, 0) is 58.9 Å². The molecule has 5 rings (SSSR count). The molecule has 1 saturated carbocycles. The molecule has 170 valence electrons. The molecule has 2 saturated heterocycles. The summed E-state index contributed by atoms with van der Waals surface area (Å²) in [6, 6.07) is 5.58. The molecule has 32 heavy (non-hydrogen) atoms. The summed E-state index contributed by atoms with van der Waals surface area (Å²) >= 11 is 0. The lowest BCUT2D eigenvalue weighted by Gasteiger charge is -2.52. The minimum atomic E-state index is -0.615. The van der Waals surface area contributed by atoms with Gasteiger partial charge in [-0.1, -0.05) is 0 Å². The van der Waals surface area contributed by atoms with Crippen LogP contribution in [0.4, 0.5) is 4.79 Å². The van der Waals surface area contributed by atoms with Gasteiger partial charge in [0.2, 0.25) is 5.88 Å². The molecular formula is C23H29N5O4. The molecule has 4 heterocycles. The molecule has 1 aliphatic carbocycles. The smallest absolute Gasteiger partial charge is 0.410 e. The van der Waals surface area contributed by atoms with Gasteiger partial charge in [0.15, 0.2) is 5.69 Å². The molecule has 3 aliphatic rings. The third kappa shape index (κ3) is 4.32. The van der Waals surface area contributed by atoms with Crippen molar-refractivity contribution in [2.75, 3.05) is 20.3 Å². The lowest BCUT2D eigenvalue weighted by atomic mass is 9.76. The maximum atomic E-state index is 13.3. The molecular weight excluding hydrogens is 410 g/mol. The van der Waals surface area contributed by atoms with Gasteiger partial charge in [0.05, 0.1) is 25.4 Å². The van der Waals surface area contributed by atoms with E-state index in [-0.39, 0.29) is 17.9 Å². The number of carbonyl (C=O) groups is 1. The van der Waals surface area contributed by atoms with Crippen molar-refractivity contribution in [1.82, 2.24) is 20.1 Å². The topological polar surface area (TPSA) is 110 Å². The number of aromatic nitrogens is 3. The summed E-state index contributed by atoms with van der Waals surface area (Å²) in [4.78, 5) is 19.6. The summed E-state index contributed by atoms with van der Waals surface area (Å²) in [6.45, 7) is 6.44. The van der Waals surface area contributed by atoms with Crippen LogP contribution in [0.2, 0.25) is 0 Å². The Kier molecular flexibility index (Phi) is 5.91. The highest BCUT2D eigenvalue weighted by atomic mass is 16.6. The highest BCUT2D eigenvalue weighted by Crippen LogP contribution is 2.41. The minimum Gasteiger partial charge on any atom is -0.481 e. The van der Waals surface area contributed by atoms with Crippen molar-refractivity contribution in [3.05, 3.63) is 23.4 Å². The van der Waals surface area contributed by atoms with E-state index in [1.165, 1.54) is 7.11 Å². The first-order valence-electron chi connectivity index (χ1n) is 11.0. The van der Waals surface area contributed by atoms with Gasteiger partial charge in [0, 0.05) is 18.2 Å². The molecule has 2 aromatic heterocycles. The number of methoxy groups -OCH3 is 1.